The third-order valence-electron chi connectivity index (χ3n) is 1.30. The fourth-order valence-corrected chi connectivity index (χ4v) is 0.792. The van der Waals surface area contributed by atoms with Crippen LogP contribution in [0, 0.1) is 0 Å². The normalized spacial score (nSPS) is 19.2. The van der Waals surface area contributed by atoms with Gasteiger partial charge in [0.1, 0.15) is 0 Å². The fraction of sp³-hybridized carbons (Fsp3) is 0.800. The van der Waals surface area contributed by atoms with Crippen LogP contribution >= 0.6 is 12.4 Å². The maximum absolute atomic E-state index is 10.5. The first-order valence-electron chi connectivity index (χ1n) is 2.80. The Balaban J connectivity index is 0.000000640. The molecule has 1 heterocycles. The predicted octanol–water partition coefficient (Wildman–Crippen LogP) is 0.810. The third-order valence-corrected chi connectivity index (χ3v) is 1.30. The average Bonchev–Trinajstić information content (AvgIpc) is 1.77. The third kappa shape index (κ3) is 2.20. The van der Waals surface area contributed by atoms with Crippen LogP contribution in [0.5, 0.6) is 0 Å². The van der Waals surface area contributed by atoms with Gasteiger partial charge in [0.2, 0.25) is 5.91 Å². The van der Waals surface area contributed by atoms with Gasteiger partial charge in [-0.2, -0.15) is 0 Å². The molecule has 1 saturated heterocycles. The van der Waals surface area contributed by atoms with E-state index in [0.717, 1.165) is 17.9 Å². The summed E-state index contributed by atoms with van der Waals surface area (Å²) in [5, 5.41) is 9.46. The van der Waals surface area contributed by atoms with E-state index < -0.39 is 0 Å². The molecule has 0 saturated carbocycles. The van der Waals surface area contributed by atoms with Crippen LogP contribution in [0.15, 0.2) is 0 Å². The summed E-state index contributed by atoms with van der Waals surface area (Å²) in [6.45, 7) is 0.513. The van der Waals surface area contributed by atoms with Crippen LogP contribution in [0.3, 0.4) is 0 Å². The van der Waals surface area contributed by atoms with Gasteiger partial charge in [0, 0.05) is 13.0 Å². The summed E-state index contributed by atoms with van der Waals surface area (Å²) in [5.41, 5.74) is 0. The van der Waals surface area contributed by atoms with Crippen molar-refractivity contribution in [2.75, 3.05) is 6.54 Å². The van der Waals surface area contributed by atoms with Gasteiger partial charge in [-0.25, -0.2) is 5.06 Å². The number of hydrogen-bond acceptors (Lipinski definition) is 2. The molecule has 1 aliphatic heterocycles. The van der Waals surface area contributed by atoms with Crippen LogP contribution in [0.4, 0.5) is 0 Å². The molecule has 0 aromatic heterocycles. The van der Waals surface area contributed by atoms with Gasteiger partial charge >= 0.3 is 0 Å². The number of carbonyl (C=O) groups is 1. The number of piperidine rings is 1. The highest BCUT2D eigenvalue weighted by atomic mass is 35.5. The summed E-state index contributed by atoms with van der Waals surface area (Å²) in [6.07, 6.45) is 2.37. The smallest absolute Gasteiger partial charge is 0.245 e. The molecular formula is C5H10ClNO2. The van der Waals surface area contributed by atoms with E-state index in [0.29, 0.717) is 13.0 Å². The van der Waals surface area contributed by atoms with Crippen molar-refractivity contribution in [1.82, 2.24) is 5.06 Å². The maximum Gasteiger partial charge on any atom is 0.245 e. The molecule has 4 heteroatoms. The highest BCUT2D eigenvalue weighted by Crippen LogP contribution is 2.06. The summed E-state index contributed by atoms with van der Waals surface area (Å²) in [7, 11) is 0. The average molecular weight is 152 g/mol. The second-order valence-corrected chi connectivity index (χ2v) is 1.97. The molecule has 54 valence electrons. The molecule has 1 rings (SSSR count). The zero-order chi connectivity index (χ0) is 5.98. The van der Waals surface area contributed by atoms with Crippen LogP contribution in [-0.4, -0.2) is 22.7 Å². The van der Waals surface area contributed by atoms with E-state index in [-0.39, 0.29) is 18.3 Å². The zero-order valence-electron chi connectivity index (χ0n) is 5.04. The Kier molecular flexibility index (Phi) is 3.58. The molecule has 0 unspecified atom stereocenters. The van der Waals surface area contributed by atoms with Crippen LogP contribution in [0.25, 0.3) is 0 Å². The summed E-state index contributed by atoms with van der Waals surface area (Å²) in [6, 6.07) is 0. The lowest BCUT2D eigenvalue weighted by Gasteiger charge is -2.18. The standard InChI is InChI=1S/C5H9NO2.ClH/c7-5-3-1-2-4-6(5)8;/h8H,1-4H2;1H. The number of amides is 1. The minimum Gasteiger partial charge on any atom is -0.286 e. The van der Waals surface area contributed by atoms with E-state index in [4.69, 9.17) is 5.21 Å². The van der Waals surface area contributed by atoms with Gasteiger partial charge in [-0.3, -0.25) is 10.0 Å². The fourth-order valence-electron chi connectivity index (χ4n) is 0.792. The Morgan fingerprint density at radius 2 is 2.11 bits per heavy atom. The van der Waals surface area contributed by atoms with Gasteiger partial charge in [-0.15, -0.1) is 12.4 Å². The molecule has 0 atom stereocenters. The van der Waals surface area contributed by atoms with Gasteiger partial charge in [-0.1, -0.05) is 0 Å². The summed E-state index contributed by atoms with van der Waals surface area (Å²) >= 11 is 0. The van der Waals surface area contributed by atoms with Gasteiger partial charge in [-0.05, 0) is 12.8 Å². The number of hydrogen-bond donors (Lipinski definition) is 1. The second kappa shape index (κ2) is 3.69. The first kappa shape index (κ1) is 8.72. The van der Waals surface area contributed by atoms with Gasteiger partial charge < -0.3 is 0 Å². The van der Waals surface area contributed by atoms with Crippen molar-refractivity contribution in [2.24, 2.45) is 0 Å². The molecule has 3 nitrogen and oxygen atoms in total. The van der Waals surface area contributed by atoms with Crippen LogP contribution in [-0.2, 0) is 4.79 Å². The molecule has 0 aliphatic carbocycles. The number of carbonyl (C=O) groups excluding carboxylic acids is 1. The van der Waals surface area contributed by atoms with E-state index in [1.54, 1.807) is 0 Å². The molecule has 0 radical (unpaired) electrons. The van der Waals surface area contributed by atoms with E-state index >= 15 is 0 Å². The van der Waals surface area contributed by atoms with Crippen LogP contribution in [0.1, 0.15) is 19.3 Å². The van der Waals surface area contributed by atoms with E-state index in [1.807, 2.05) is 0 Å². The summed E-state index contributed by atoms with van der Waals surface area (Å²) < 4.78 is 0. The van der Waals surface area contributed by atoms with Crippen molar-refractivity contribution in [3.63, 3.8) is 0 Å². The van der Waals surface area contributed by atoms with Crippen molar-refractivity contribution in [3.8, 4) is 0 Å². The minimum absolute atomic E-state index is 0. The Bertz CT molecular complexity index is 107. The van der Waals surface area contributed by atoms with E-state index in [1.165, 1.54) is 0 Å². The van der Waals surface area contributed by atoms with Gasteiger partial charge in [0.25, 0.3) is 0 Å². The lowest BCUT2D eigenvalue weighted by molar-refractivity contribution is -0.169. The zero-order valence-corrected chi connectivity index (χ0v) is 5.86. The molecule has 0 aromatic rings. The topological polar surface area (TPSA) is 40.5 Å². The van der Waals surface area contributed by atoms with Crippen molar-refractivity contribution < 1.29 is 10.0 Å². The lowest BCUT2D eigenvalue weighted by atomic mass is 10.2. The molecule has 0 aromatic carbocycles. The number of hydroxylamine groups is 2. The van der Waals surface area contributed by atoms with Crippen LogP contribution < -0.4 is 0 Å². The van der Waals surface area contributed by atoms with Crippen molar-refractivity contribution >= 4 is 18.3 Å². The summed E-state index contributed by atoms with van der Waals surface area (Å²) in [4.78, 5) is 10.5. The highest BCUT2D eigenvalue weighted by molar-refractivity contribution is 5.85. The molecule has 1 aliphatic rings. The Hall–Kier alpha value is -0.280. The molecule has 1 amide bonds. The van der Waals surface area contributed by atoms with E-state index in [2.05, 4.69) is 0 Å². The SMILES string of the molecule is Cl.O=C1CCCCN1O. The Labute approximate surface area is 60.0 Å². The predicted molar refractivity (Wildman–Crippen MR) is 34.6 cm³/mol. The van der Waals surface area contributed by atoms with Crippen LogP contribution in [0.2, 0.25) is 0 Å². The summed E-state index contributed by atoms with van der Waals surface area (Å²) in [5.74, 6) is -0.142. The Morgan fingerprint density at radius 3 is 2.44 bits per heavy atom. The molecule has 0 spiro atoms. The monoisotopic (exact) mass is 151 g/mol. The Morgan fingerprint density at radius 1 is 1.44 bits per heavy atom. The first-order chi connectivity index (χ1) is 3.80. The van der Waals surface area contributed by atoms with Crippen molar-refractivity contribution in [3.05, 3.63) is 0 Å². The number of nitrogens with zero attached hydrogens (tertiary/aromatic N) is 1. The largest absolute Gasteiger partial charge is 0.286 e. The molecule has 1 N–H and O–H groups in total. The minimum atomic E-state index is -0.142. The van der Waals surface area contributed by atoms with Gasteiger partial charge in [0.15, 0.2) is 0 Å². The van der Waals surface area contributed by atoms with Crippen molar-refractivity contribution in [1.29, 1.82) is 0 Å². The maximum atomic E-state index is 10.5. The molecule has 0 bridgehead atoms. The second-order valence-electron chi connectivity index (χ2n) is 1.97. The van der Waals surface area contributed by atoms with Crippen molar-refractivity contribution in [2.45, 2.75) is 19.3 Å². The highest BCUT2D eigenvalue weighted by Gasteiger charge is 2.14. The molecule has 1 fully saturated rings. The van der Waals surface area contributed by atoms with E-state index in [9.17, 15) is 4.79 Å². The number of halogens is 1. The quantitative estimate of drug-likeness (QED) is 0.521. The molecular weight excluding hydrogens is 142 g/mol. The lowest BCUT2D eigenvalue weighted by Crippen LogP contribution is -2.31. The first-order valence-corrected chi connectivity index (χ1v) is 2.80. The van der Waals surface area contributed by atoms with Gasteiger partial charge in [0.05, 0.1) is 0 Å². The number of rotatable bonds is 0. The molecule has 9 heavy (non-hydrogen) atoms.